The highest BCUT2D eigenvalue weighted by molar-refractivity contribution is 5.86. The number of hydrogen-bond donors (Lipinski definition) is 0. The summed E-state index contributed by atoms with van der Waals surface area (Å²) in [6.07, 6.45) is 4.42. The maximum absolute atomic E-state index is 4.51. The van der Waals surface area contributed by atoms with E-state index >= 15 is 0 Å². The van der Waals surface area contributed by atoms with E-state index in [0.717, 1.165) is 33.6 Å². The average Bonchev–Trinajstić information content (AvgIpc) is 2.81. The minimum atomic E-state index is 0.933. The van der Waals surface area contributed by atoms with Crippen molar-refractivity contribution in [2.24, 2.45) is 0 Å². The van der Waals surface area contributed by atoms with Crippen molar-refractivity contribution in [2.75, 3.05) is 0 Å². The van der Waals surface area contributed by atoms with E-state index in [1.807, 2.05) is 31.2 Å². The molecule has 32 heavy (non-hydrogen) atoms. The summed E-state index contributed by atoms with van der Waals surface area (Å²) in [5.74, 6) is 0. The highest BCUT2D eigenvalue weighted by Crippen LogP contribution is 2.34. The number of nitrogens with zero attached hydrogens (tertiary/aromatic N) is 2. The largest absolute Gasteiger partial charge is 0.155 e. The predicted molar refractivity (Wildman–Crippen MR) is 136 cm³/mol. The van der Waals surface area contributed by atoms with Crippen molar-refractivity contribution in [2.45, 2.75) is 27.7 Å². The fourth-order valence-electron chi connectivity index (χ4n) is 4.28. The molecular formula is C30H28N2. The third kappa shape index (κ3) is 4.45. The van der Waals surface area contributed by atoms with Crippen LogP contribution in [0.1, 0.15) is 36.2 Å². The molecule has 0 aliphatic rings. The highest BCUT2D eigenvalue weighted by atomic mass is 15.1. The molecule has 0 aliphatic carbocycles. The first-order chi connectivity index (χ1) is 15.6. The van der Waals surface area contributed by atoms with Crippen LogP contribution in [0.4, 0.5) is 0 Å². The van der Waals surface area contributed by atoms with Crippen molar-refractivity contribution < 1.29 is 0 Å². The molecule has 0 bridgehead atoms. The SMILES string of the molecule is C/C=C(/C(C)=C/c1ccccc1)c1cccc(-c2c(C)nnc(-c3ccccc3)c2C)c1. The van der Waals surface area contributed by atoms with Crippen molar-refractivity contribution in [3.05, 3.63) is 119 Å². The van der Waals surface area contributed by atoms with Crippen molar-refractivity contribution >= 4 is 11.6 Å². The number of rotatable bonds is 5. The molecule has 0 fully saturated rings. The normalized spacial score (nSPS) is 12.1. The molecule has 0 spiro atoms. The van der Waals surface area contributed by atoms with Gasteiger partial charge in [-0.3, -0.25) is 0 Å². The summed E-state index contributed by atoms with van der Waals surface area (Å²) in [7, 11) is 0. The molecule has 0 aliphatic heterocycles. The van der Waals surface area contributed by atoms with Gasteiger partial charge in [0.1, 0.15) is 0 Å². The Morgan fingerprint density at radius 3 is 2.09 bits per heavy atom. The molecule has 0 unspecified atom stereocenters. The van der Waals surface area contributed by atoms with E-state index in [9.17, 15) is 0 Å². The molecular weight excluding hydrogens is 388 g/mol. The Balaban J connectivity index is 1.77. The zero-order valence-corrected chi connectivity index (χ0v) is 19.1. The quantitative estimate of drug-likeness (QED) is 0.309. The summed E-state index contributed by atoms with van der Waals surface area (Å²) in [6, 6.07) is 29.5. The summed E-state index contributed by atoms with van der Waals surface area (Å²) >= 11 is 0. The van der Waals surface area contributed by atoms with Crippen LogP contribution in [-0.2, 0) is 0 Å². The van der Waals surface area contributed by atoms with Crippen LogP contribution in [0.5, 0.6) is 0 Å². The minimum absolute atomic E-state index is 0.933. The molecule has 1 aromatic heterocycles. The predicted octanol–water partition coefficient (Wildman–Crippen LogP) is 7.93. The second-order valence-electron chi connectivity index (χ2n) is 8.02. The van der Waals surface area contributed by atoms with Crippen molar-refractivity contribution in [1.29, 1.82) is 0 Å². The Morgan fingerprint density at radius 2 is 1.41 bits per heavy atom. The molecule has 4 aromatic rings. The highest BCUT2D eigenvalue weighted by Gasteiger charge is 2.15. The van der Waals surface area contributed by atoms with Gasteiger partial charge in [0.2, 0.25) is 0 Å². The maximum Gasteiger partial charge on any atom is 0.0965 e. The molecule has 2 heteroatoms. The van der Waals surface area contributed by atoms with Gasteiger partial charge in [-0.05, 0) is 67.2 Å². The molecule has 0 saturated heterocycles. The summed E-state index contributed by atoms with van der Waals surface area (Å²) in [4.78, 5) is 0. The maximum atomic E-state index is 4.51. The molecule has 0 N–H and O–H groups in total. The molecule has 0 radical (unpaired) electrons. The Bertz CT molecular complexity index is 1280. The lowest BCUT2D eigenvalue weighted by Crippen LogP contribution is -2.00. The van der Waals surface area contributed by atoms with E-state index in [2.05, 4.69) is 104 Å². The Kier molecular flexibility index (Phi) is 6.42. The standard InChI is InChI=1S/C30H28N2/c1-5-28(21(2)19-24-13-8-6-9-14-24)26-17-12-18-27(20-26)29-22(3)30(32-31-23(29)4)25-15-10-7-11-16-25/h5-20H,1-4H3/b21-19+,28-5-. The van der Waals surface area contributed by atoms with Gasteiger partial charge in [-0.15, -0.1) is 5.10 Å². The van der Waals surface area contributed by atoms with E-state index in [4.69, 9.17) is 0 Å². The number of aryl methyl sites for hydroxylation is 1. The number of aromatic nitrogens is 2. The Morgan fingerprint density at radius 1 is 0.750 bits per heavy atom. The van der Waals surface area contributed by atoms with Crippen molar-refractivity contribution in [3.63, 3.8) is 0 Å². The van der Waals surface area contributed by atoms with Crippen LogP contribution in [0.15, 0.2) is 96.6 Å². The molecule has 2 nitrogen and oxygen atoms in total. The molecule has 0 saturated carbocycles. The zero-order valence-electron chi connectivity index (χ0n) is 19.1. The van der Waals surface area contributed by atoms with Gasteiger partial charge in [-0.1, -0.05) is 91.0 Å². The lowest BCUT2D eigenvalue weighted by Gasteiger charge is -2.15. The second kappa shape index (κ2) is 9.57. The van der Waals surface area contributed by atoms with Crippen LogP contribution in [-0.4, -0.2) is 10.2 Å². The van der Waals surface area contributed by atoms with Gasteiger partial charge >= 0.3 is 0 Å². The summed E-state index contributed by atoms with van der Waals surface area (Å²) < 4.78 is 0. The first-order valence-electron chi connectivity index (χ1n) is 11.0. The van der Waals surface area contributed by atoms with E-state index in [1.54, 1.807) is 0 Å². The van der Waals surface area contributed by atoms with E-state index in [-0.39, 0.29) is 0 Å². The van der Waals surface area contributed by atoms with Crippen molar-refractivity contribution in [3.8, 4) is 22.4 Å². The molecule has 158 valence electrons. The van der Waals surface area contributed by atoms with Gasteiger partial charge in [0, 0.05) is 11.1 Å². The van der Waals surface area contributed by atoms with Crippen LogP contribution in [0.25, 0.3) is 34.0 Å². The lowest BCUT2D eigenvalue weighted by atomic mass is 9.91. The van der Waals surface area contributed by atoms with E-state index in [0.29, 0.717) is 0 Å². The zero-order chi connectivity index (χ0) is 22.5. The monoisotopic (exact) mass is 416 g/mol. The van der Waals surface area contributed by atoms with E-state index in [1.165, 1.54) is 22.3 Å². The second-order valence-corrected chi connectivity index (χ2v) is 8.02. The Hall–Kier alpha value is -3.78. The molecule has 1 heterocycles. The smallest absolute Gasteiger partial charge is 0.0965 e. The third-order valence-electron chi connectivity index (χ3n) is 5.80. The lowest BCUT2D eigenvalue weighted by molar-refractivity contribution is 0.977. The third-order valence-corrected chi connectivity index (χ3v) is 5.80. The van der Waals surface area contributed by atoms with Gasteiger partial charge in [-0.2, -0.15) is 5.10 Å². The topological polar surface area (TPSA) is 25.8 Å². The summed E-state index contributed by atoms with van der Waals surface area (Å²) in [6.45, 7) is 8.45. The average molecular weight is 417 g/mol. The number of allylic oxidation sites excluding steroid dienone is 3. The van der Waals surface area contributed by atoms with Gasteiger partial charge in [0.05, 0.1) is 11.4 Å². The van der Waals surface area contributed by atoms with Crippen LogP contribution in [0, 0.1) is 13.8 Å². The van der Waals surface area contributed by atoms with Crippen LogP contribution >= 0.6 is 0 Å². The summed E-state index contributed by atoms with van der Waals surface area (Å²) in [5.41, 5.74) is 11.3. The first-order valence-corrected chi connectivity index (χ1v) is 11.0. The number of benzene rings is 3. The fraction of sp³-hybridized carbons (Fsp3) is 0.133. The van der Waals surface area contributed by atoms with Gasteiger partial charge in [0.25, 0.3) is 0 Å². The molecule has 0 atom stereocenters. The van der Waals surface area contributed by atoms with Crippen molar-refractivity contribution in [1.82, 2.24) is 10.2 Å². The van der Waals surface area contributed by atoms with Gasteiger partial charge in [0.15, 0.2) is 0 Å². The number of hydrogen-bond acceptors (Lipinski definition) is 2. The van der Waals surface area contributed by atoms with Crippen LogP contribution in [0.2, 0.25) is 0 Å². The van der Waals surface area contributed by atoms with Crippen LogP contribution < -0.4 is 0 Å². The fourth-order valence-corrected chi connectivity index (χ4v) is 4.28. The van der Waals surface area contributed by atoms with Gasteiger partial charge in [-0.25, -0.2) is 0 Å². The first kappa shape index (κ1) is 21.5. The molecule has 4 rings (SSSR count). The van der Waals surface area contributed by atoms with Gasteiger partial charge < -0.3 is 0 Å². The Labute approximate surface area is 191 Å². The molecule has 0 amide bonds. The summed E-state index contributed by atoms with van der Waals surface area (Å²) in [5, 5.41) is 9.01. The van der Waals surface area contributed by atoms with E-state index < -0.39 is 0 Å². The van der Waals surface area contributed by atoms with Crippen LogP contribution in [0.3, 0.4) is 0 Å². The molecule has 3 aromatic carbocycles. The minimum Gasteiger partial charge on any atom is -0.155 e.